The smallest absolute Gasteiger partial charge is 0.389 e. The second-order valence-corrected chi connectivity index (χ2v) is 2.33. The molecule has 84 valence electrons. The molecule has 10 heteroatoms. The molecule has 0 amide bonds. The Labute approximate surface area is 83.0 Å². The normalized spacial score (nSPS) is 14.9. The van der Waals surface area contributed by atoms with Gasteiger partial charge in [-0.1, -0.05) is 0 Å². The summed E-state index contributed by atoms with van der Waals surface area (Å²) in [7, 11) is 0. The van der Waals surface area contributed by atoms with Crippen LogP contribution in [-0.4, -0.2) is 12.7 Å². The standard InChI is InChI=1S/C4Cl2F6O2/c5-1(13-3(7,8)9)2(6)14-4(10,11)12/b2-1-. The molecule has 0 atom stereocenters. The minimum Gasteiger partial charge on any atom is -0.389 e. The van der Waals surface area contributed by atoms with Crippen LogP contribution >= 0.6 is 23.2 Å². The molecule has 0 aliphatic heterocycles. The first-order chi connectivity index (χ1) is 6.01. The summed E-state index contributed by atoms with van der Waals surface area (Å²) < 4.78 is 73.8. The first-order valence-electron chi connectivity index (χ1n) is 2.58. The van der Waals surface area contributed by atoms with Crippen molar-refractivity contribution in [1.29, 1.82) is 0 Å². The van der Waals surface area contributed by atoms with Crippen LogP contribution in [0.3, 0.4) is 0 Å². The third-order valence-corrected chi connectivity index (χ3v) is 1.16. The highest BCUT2D eigenvalue weighted by atomic mass is 35.5. The number of hydrogen-bond donors (Lipinski definition) is 0. The Kier molecular flexibility index (Phi) is 4.19. The largest absolute Gasteiger partial charge is 0.573 e. The predicted molar refractivity (Wildman–Crippen MR) is 33.0 cm³/mol. The number of hydrogen-bond acceptors (Lipinski definition) is 2. The van der Waals surface area contributed by atoms with Gasteiger partial charge < -0.3 is 9.47 Å². The molecule has 0 unspecified atom stereocenters. The Morgan fingerprint density at radius 1 is 0.714 bits per heavy atom. The van der Waals surface area contributed by atoms with Crippen molar-refractivity contribution >= 4 is 23.2 Å². The summed E-state index contributed by atoms with van der Waals surface area (Å²) in [6.07, 6.45) is -10.5. The quantitative estimate of drug-likeness (QED) is 0.560. The maximum Gasteiger partial charge on any atom is 0.573 e. The van der Waals surface area contributed by atoms with E-state index in [1.807, 2.05) is 0 Å². The molecule has 2 nitrogen and oxygen atoms in total. The zero-order valence-corrected chi connectivity index (χ0v) is 7.35. The van der Waals surface area contributed by atoms with Gasteiger partial charge in [0.25, 0.3) is 10.4 Å². The fourth-order valence-electron chi connectivity index (χ4n) is 0.283. The molecule has 0 fully saturated rings. The molecular formula is C4Cl2F6O2. The molecule has 14 heavy (non-hydrogen) atoms. The van der Waals surface area contributed by atoms with Gasteiger partial charge in [0.05, 0.1) is 0 Å². The lowest BCUT2D eigenvalue weighted by Gasteiger charge is -2.11. The van der Waals surface area contributed by atoms with Crippen LogP contribution in [0.1, 0.15) is 0 Å². The van der Waals surface area contributed by atoms with Crippen molar-refractivity contribution in [2.45, 2.75) is 12.7 Å². The molecule has 0 aromatic rings. The highest BCUT2D eigenvalue weighted by Crippen LogP contribution is 2.30. The summed E-state index contributed by atoms with van der Waals surface area (Å²) in [5.41, 5.74) is 0. The molecule has 0 saturated carbocycles. The number of rotatable bonds is 2. The van der Waals surface area contributed by atoms with Gasteiger partial charge in [-0.25, -0.2) is 0 Å². The van der Waals surface area contributed by atoms with E-state index in [4.69, 9.17) is 0 Å². The van der Waals surface area contributed by atoms with Crippen LogP contribution in [0.4, 0.5) is 26.3 Å². The van der Waals surface area contributed by atoms with Crippen molar-refractivity contribution in [2.75, 3.05) is 0 Å². The van der Waals surface area contributed by atoms with E-state index in [0.29, 0.717) is 0 Å². The van der Waals surface area contributed by atoms with Crippen LogP contribution < -0.4 is 0 Å². The second kappa shape index (κ2) is 4.35. The Morgan fingerprint density at radius 3 is 1.07 bits per heavy atom. The molecule has 0 bridgehead atoms. The molecule has 0 rings (SSSR count). The fourth-order valence-corrected chi connectivity index (χ4v) is 0.536. The van der Waals surface area contributed by atoms with Gasteiger partial charge in [0.2, 0.25) is 0 Å². The van der Waals surface area contributed by atoms with Gasteiger partial charge in [-0.3, -0.25) is 0 Å². The summed E-state index contributed by atoms with van der Waals surface area (Å²) in [6, 6.07) is 0. The molecular weight excluding hydrogens is 265 g/mol. The summed E-state index contributed by atoms with van der Waals surface area (Å²) in [5, 5.41) is -3.51. The first kappa shape index (κ1) is 13.5. The Hall–Kier alpha value is -0.500. The zero-order valence-electron chi connectivity index (χ0n) is 5.84. The highest BCUT2D eigenvalue weighted by Gasteiger charge is 2.37. The van der Waals surface area contributed by atoms with Crippen molar-refractivity contribution in [1.82, 2.24) is 0 Å². The van der Waals surface area contributed by atoms with E-state index >= 15 is 0 Å². The Morgan fingerprint density at radius 2 is 0.929 bits per heavy atom. The molecule has 0 N–H and O–H groups in total. The number of halogens is 8. The Balaban J connectivity index is 4.45. The first-order valence-corrected chi connectivity index (χ1v) is 3.33. The van der Waals surface area contributed by atoms with Crippen molar-refractivity contribution in [3.8, 4) is 0 Å². The monoisotopic (exact) mass is 264 g/mol. The Bertz CT molecular complexity index is 207. The highest BCUT2D eigenvalue weighted by molar-refractivity contribution is 6.37. The van der Waals surface area contributed by atoms with Crippen LogP contribution in [-0.2, 0) is 9.47 Å². The molecule has 0 aromatic carbocycles. The van der Waals surface area contributed by atoms with Gasteiger partial charge in [0, 0.05) is 0 Å². The van der Waals surface area contributed by atoms with E-state index in [9.17, 15) is 26.3 Å². The van der Waals surface area contributed by atoms with E-state index < -0.39 is 23.2 Å². The summed E-state index contributed by atoms with van der Waals surface area (Å²) in [4.78, 5) is 0. The minimum atomic E-state index is -5.24. The van der Waals surface area contributed by atoms with Gasteiger partial charge in [-0.05, 0) is 23.2 Å². The fraction of sp³-hybridized carbons (Fsp3) is 0.500. The minimum absolute atomic E-state index is 1.75. The lowest BCUT2D eigenvalue weighted by Crippen LogP contribution is -2.15. The predicted octanol–water partition coefficient (Wildman–Crippen LogP) is 3.66. The van der Waals surface area contributed by atoms with Crippen LogP contribution in [0.2, 0.25) is 0 Å². The SMILES string of the molecule is FC(F)(F)O/C(Cl)=C(/Cl)OC(F)(F)F. The van der Waals surface area contributed by atoms with Crippen LogP contribution in [0.25, 0.3) is 0 Å². The van der Waals surface area contributed by atoms with E-state index in [2.05, 4.69) is 32.7 Å². The molecule has 0 saturated heterocycles. The van der Waals surface area contributed by atoms with Gasteiger partial charge in [0.15, 0.2) is 0 Å². The van der Waals surface area contributed by atoms with Crippen molar-refractivity contribution < 1.29 is 35.8 Å². The zero-order chi connectivity index (χ0) is 11.6. The molecule has 0 aliphatic rings. The average molecular weight is 265 g/mol. The molecule has 0 heterocycles. The van der Waals surface area contributed by atoms with E-state index in [0.717, 1.165) is 0 Å². The van der Waals surface area contributed by atoms with Gasteiger partial charge in [-0.2, -0.15) is 0 Å². The van der Waals surface area contributed by atoms with E-state index in [1.54, 1.807) is 0 Å². The second-order valence-electron chi connectivity index (χ2n) is 1.64. The summed E-state index contributed by atoms with van der Waals surface area (Å²) >= 11 is 9.20. The van der Waals surface area contributed by atoms with Crippen molar-refractivity contribution in [2.24, 2.45) is 0 Å². The third kappa shape index (κ3) is 6.96. The maximum absolute atomic E-state index is 11.4. The third-order valence-electron chi connectivity index (χ3n) is 0.565. The van der Waals surface area contributed by atoms with Gasteiger partial charge >= 0.3 is 12.7 Å². The average Bonchev–Trinajstić information content (AvgIpc) is 1.78. The van der Waals surface area contributed by atoms with Crippen LogP contribution in [0.5, 0.6) is 0 Å². The molecule has 0 aliphatic carbocycles. The number of alkyl halides is 6. The maximum atomic E-state index is 11.4. The van der Waals surface area contributed by atoms with Gasteiger partial charge in [-0.15, -0.1) is 26.3 Å². The van der Waals surface area contributed by atoms with Crippen molar-refractivity contribution in [3.63, 3.8) is 0 Å². The summed E-state index contributed by atoms with van der Waals surface area (Å²) in [5.74, 6) is 0. The van der Waals surface area contributed by atoms with Crippen LogP contribution in [0.15, 0.2) is 10.4 Å². The van der Waals surface area contributed by atoms with E-state index in [-0.39, 0.29) is 0 Å². The van der Waals surface area contributed by atoms with Crippen molar-refractivity contribution in [3.05, 3.63) is 10.4 Å². The lowest BCUT2D eigenvalue weighted by molar-refractivity contribution is -0.315. The molecule has 0 aromatic heterocycles. The number of ether oxygens (including phenoxy) is 2. The van der Waals surface area contributed by atoms with E-state index in [1.165, 1.54) is 0 Å². The molecule has 0 spiro atoms. The topological polar surface area (TPSA) is 18.5 Å². The summed E-state index contributed by atoms with van der Waals surface area (Å²) in [6.45, 7) is 0. The van der Waals surface area contributed by atoms with Crippen LogP contribution in [0, 0.1) is 0 Å². The lowest BCUT2D eigenvalue weighted by atomic mass is 11.0. The molecule has 0 radical (unpaired) electrons. The van der Waals surface area contributed by atoms with Gasteiger partial charge in [0.1, 0.15) is 0 Å².